The van der Waals surface area contributed by atoms with Crippen LogP contribution in [0.25, 0.3) is 0 Å². The Balaban J connectivity index is 1.65. The van der Waals surface area contributed by atoms with Gasteiger partial charge < -0.3 is 5.32 Å². The van der Waals surface area contributed by atoms with E-state index in [2.05, 4.69) is 23.3 Å². The van der Waals surface area contributed by atoms with E-state index in [-0.39, 0.29) is 0 Å². The monoisotopic (exact) mass is 188 g/mol. The van der Waals surface area contributed by atoms with Crippen molar-refractivity contribution in [2.45, 2.75) is 38.6 Å². The minimum Gasteiger partial charge on any atom is -0.367 e. The van der Waals surface area contributed by atoms with Crippen molar-refractivity contribution >= 4 is 5.82 Å². The van der Waals surface area contributed by atoms with Gasteiger partial charge in [0.15, 0.2) is 0 Å². The molecule has 1 N–H and O–H groups in total. The summed E-state index contributed by atoms with van der Waals surface area (Å²) in [6.45, 7) is 2.11. The van der Waals surface area contributed by atoms with Crippen molar-refractivity contribution in [1.29, 1.82) is 0 Å². The maximum Gasteiger partial charge on any atom is 0.129 e. The van der Waals surface area contributed by atoms with Crippen molar-refractivity contribution in [2.75, 3.05) is 5.32 Å². The Morgan fingerprint density at radius 1 is 1.43 bits per heavy atom. The lowest BCUT2D eigenvalue weighted by Crippen LogP contribution is -2.37. The quantitative estimate of drug-likeness (QED) is 0.772. The number of nitrogens with one attached hydrogen (secondary N) is 1. The van der Waals surface area contributed by atoms with Crippen molar-refractivity contribution in [3.63, 3.8) is 0 Å². The van der Waals surface area contributed by atoms with Crippen LogP contribution in [0.5, 0.6) is 0 Å². The molecule has 1 spiro atoms. The van der Waals surface area contributed by atoms with Gasteiger partial charge in [-0.15, -0.1) is 0 Å². The van der Waals surface area contributed by atoms with Gasteiger partial charge in [0.2, 0.25) is 0 Å². The fourth-order valence-electron chi connectivity index (χ4n) is 2.50. The van der Waals surface area contributed by atoms with Gasteiger partial charge in [-0.25, -0.2) is 4.98 Å². The molecular weight excluding hydrogens is 172 g/mol. The first-order valence-electron chi connectivity index (χ1n) is 5.46. The van der Waals surface area contributed by atoms with Crippen molar-refractivity contribution in [1.82, 2.24) is 4.98 Å². The highest BCUT2D eigenvalue weighted by molar-refractivity contribution is 5.44. The first kappa shape index (κ1) is 8.27. The molecule has 2 nitrogen and oxygen atoms in total. The zero-order valence-corrected chi connectivity index (χ0v) is 8.59. The molecule has 14 heavy (non-hydrogen) atoms. The second kappa shape index (κ2) is 2.72. The van der Waals surface area contributed by atoms with E-state index in [0.717, 1.165) is 11.2 Å². The highest BCUT2D eigenvalue weighted by Crippen LogP contribution is 2.61. The zero-order chi connectivity index (χ0) is 9.60. The molecule has 2 heteroatoms. The van der Waals surface area contributed by atoms with E-state index >= 15 is 0 Å². The third kappa shape index (κ3) is 1.29. The first-order valence-corrected chi connectivity index (χ1v) is 5.46. The van der Waals surface area contributed by atoms with Gasteiger partial charge in [-0.3, -0.25) is 0 Å². The van der Waals surface area contributed by atoms with Crippen LogP contribution < -0.4 is 5.32 Å². The molecule has 1 heterocycles. The highest BCUT2D eigenvalue weighted by atomic mass is 15.0. The number of hydrogen-bond acceptors (Lipinski definition) is 2. The van der Waals surface area contributed by atoms with Crippen LogP contribution in [0.2, 0.25) is 0 Å². The summed E-state index contributed by atoms with van der Waals surface area (Å²) in [6, 6.07) is 4.79. The number of nitrogens with zero attached hydrogens (tertiary/aromatic N) is 1. The molecule has 0 atom stereocenters. The van der Waals surface area contributed by atoms with Crippen LogP contribution in [0.1, 0.15) is 31.2 Å². The van der Waals surface area contributed by atoms with E-state index in [4.69, 9.17) is 0 Å². The van der Waals surface area contributed by atoms with E-state index < -0.39 is 0 Å². The van der Waals surface area contributed by atoms with Gasteiger partial charge in [0.25, 0.3) is 0 Å². The van der Waals surface area contributed by atoms with Crippen molar-refractivity contribution < 1.29 is 0 Å². The molecule has 74 valence electrons. The average molecular weight is 188 g/mol. The lowest BCUT2D eigenvalue weighted by molar-refractivity contribution is 0.256. The Morgan fingerprint density at radius 2 is 2.21 bits per heavy atom. The van der Waals surface area contributed by atoms with Gasteiger partial charge in [0, 0.05) is 12.2 Å². The van der Waals surface area contributed by atoms with Crippen LogP contribution in [0.3, 0.4) is 0 Å². The van der Waals surface area contributed by atoms with Crippen LogP contribution in [-0.4, -0.2) is 11.0 Å². The maximum absolute atomic E-state index is 4.36. The van der Waals surface area contributed by atoms with Gasteiger partial charge in [-0.05, 0) is 49.7 Å². The number of hydrogen-bond donors (Lipinski definition) is 1. The van der Waals surface area contributed by atoms with Crippen LogP contribution in [0.15, 0.2) is 18.3 Å². The molecular formula is C12H16N2. The fraction of sp³-hybridized carbons (Fsp3) is 0.583. The van der Waals surface area contributed by atoms with E-state index in [1.165, 1.54) is 31.2 Å². The lowest BCUT2D eigenvalue weighted by Gasteiger charge is -2.36. The molecule has 0 aliphatic heterocycles. The Kier molecular flexibility index (Phi) is 1.61. The first-order chi connectivity index (χ1) is 6.77. The lowest BCUT2D eigenvalue weighted by atomic mass is 9.77. The van der Waals surface area contributed by atoms with Crippen LogP contribution in [0.4, 0.5) is 5.82 Å². The number of anilines is 1. The molecule has 2 saturated carbocycles. The second-order valence-corrected chi connectivity index (χ2v) is 4.92. The average Bonchev–Trinajstić information content (AvgIpc) is 2.88. The number of aromatic nitrogens is 1. The Labute approximate surface area is 84.7 Å². The SMILES string of the molecule is Cc1cccnc1NC1CC2(CC2)C1. The largest absolute Gasteiger partial charge is 0.367 e. The molecule has 3 rings (SSSR count). The zero-order valence-electron chi connectivity index (χ0n) is 8.59. The third-order valence-electron chi connectivity index (χ3n) is 3.67. The molecule has 0 amide bonds. The number of aryl methyl sites for hydroxylation is 1. The molecule has 1 aromatic rings. The Bertz CT molecular complexity index is 347. The van der Waals surface area contributed by atoms with Gasteiger partial charge in [0.1, 0.15) is 5.82 Å². The highest BCUT2D eigenvalue weighted by Gasteiger charge is 2.52. The van der Waals surface area contributed by atoms with E-state index in [1.54, 1.807) is 0 Å². The van der Waals surface area contributed by atoms with Crippen molar-refractivity contribution in [3.05, 3.63) is 23.9 Å². The molecule has 0 saturated heterocycles. The van der Waals surface area contributed by atoms with Crippen LogP contribution >= 0.6 is 0 Å². The normalized spacial score (nSPS) is 23.2. The summed E-state index contributed by atoms with van der Waals surface area (Å²) in [5.74, 6) is 1.08. The molecule has 2 aliphatic carbocycles. The fourth-order valence-corrected chi connectivity index (χ4v) is 2.50. The van der Waals surface area contributed by atoms with Gasteiger partial charge in [-0.1, -0.05) is 6.07 Å². The second-order valence-electron chi connectivity index (χ2n) is 4.92. The molecule has 0 bridgehead atoms. The molecule has 2 fully saturated rings. The van der Waals surface area contributed by atoms with E-state index in [9.17, 15) is 0 Å². The summed E-state index contributed by atoms with van der Waals surface area (Å²) in [6.07, 6.45) is 7.52. The van der Waals surface area contributed by atoms with E-state index in [0.29, 0.717) is 6.04 Å². The summed E-state index contributed by atoms with van der Waals surface area (Å²) >= 11 is 0. The predicted octanol–water partition coefficient (Wildman–Crippen LogP) is 2.74. The van der Waals surface area contributed by atoms with Gasteiger partial charge >= 0.3 is 0 Å². The van der Waals surface area contributed by atoms with E-state index in [1.807, 2.05) is 12.3 Å². The molecule has 1 aromatic heterocycles. The summed E-state index contributed by atoms with van der Waals surface area (Å²) < 4.78 is 0. The topological polar surface area (TPSA) is 24.9 Å². The molecule has 0 aromatic carbocycles. The minimum atomic E-state index is 0.686. The summed E-state index contributed by atoms with van der Waals surface area (Å²) in [5, 5.41) is 3.53. The Hall–Kier alpha value is -1.05. The minimum absolute atomic E-state index is 0.686. The van der Waals surface area contributed by atoms with Crippen LogP contribution in [-0.2, 0) is 0 Å². The molecule has 0 radical (unpaired) electrons. The standard InChI is InChI=1S/C12H16N2/c1-9-3-2-6-13-11(9)14-10-7-12(8-10)4-5-12/h2-3,6,10H,4-5,7-8H2,1H3,(H,13,14). The maximum atomic E-state index is 4.36. The molecule has 0 unspecified atom stereocenters. The Morgan fingerprint density at radius 3 is 2.86 bits per heavy atom. The number of rotatable bonds is 2. The predicted molar refractivity (Wildman–Crippen MR) is 57.3 cm³/mol. The molecule has 2 aliphatic rings. The van der Waals surface area contributed by atoms with Crippen molar-refractivity contribution in [3.8, 4) is 0 Å². The van der Waals surface area contributed by atoms with Gasteiger partial charge in [-0.2, -0.15) is 0 Å². The number of pyridine rings is 1. The summed E-state index contributed by atoms with van der Waals surface area (Å²) in [5.41, 5.74) is 2.03. The van der Waals surface area contributed by atoms with Crippen molar-refractivity contribution in [2.24, 2.45) is 5.41 Å². The summed E-state index contributed by atoms with van der Waals surface area (Å²) in [4.78, 5) is 4.36. The summed E-state index contributed by atoms with van der Waals surface area (Å²) in [7, 11) is 0. The van der Waals surface area contributed by atoms with Gasteiger partial charge in [0.05, 0.1) is 0 Å². The third-order valence-corrected chi connectivity index (χ3v) is 3.67. The smallest absolute Gasteiger partial charge is 0.129 e. The van der Waals surface area contributed by atoms with Crippen LogP contribution in [0, 0.1) is 12.3 Å².